The van der Waals surface area contributed by atoms with Gasteiger partial charge in [-0.1, -0.05) is 65.7 Å². The van der Waals surface area contributed by atoms with Crippen molar-refractivity contribution < 1.29 is 14.6 Å². The Kier molecular flexibility index (Phi) is 8.70. The third-order valence-corrected chi connectivity index (χ3v) is 6.53. The molecule has 0 saturated heterocycles. The second-order valence-electron chi connectivity index (χ2n) is 8.74. The largest absolute Gasteiger partial charge is 0.491 e. The highest BCUT2D eigenvalue weighted by Crippen LogP contribution is 2.30. The monoisotopic (exact) mass is 534 g/mol. The number of halogens is 2. The van der Waals surface area contributed by atoms with Gasteiger partial charge >= 0.3 is 5.97 Å². The molecule has 0 fully saturated rings. The summed E-state index contributed by atoms with van der Waals surface area (Å²) in [4.78, 5) is 15.5. The molecule has 0 amide bonds. The van der Waals surface area contributed by atoms with Gasteiger partial charge in [0.05, 0.1) is 16.8 Å². The number of imidazole rings is 1. The number of benzene rings is 3. The van der Waals surface area contributed by atoms with Crippen molar-refractivity contribution in [2.45, 2.75) is 39.3 Å². The van der Waals surface area contributed by atoms with E-state index < -0.39 is 5.97 Å². The molecule has 37 heavy (non-hydrogen) atoms. The van der Waals surface area contributed by atoms with E-state index in [0.717, 1.165) is 46.1 Å². The van der Waals surface area contributed by atoms with Crippen LogP contribution in [0.5, 0.6) is 5.75 Å². The first-order valence-corrected chi connectivity index (χ1v) is 12.9. The zero-order chi connectivity index (χ0) is 26.4. The molecule has 0 aliphatic heterocycles. The van der Waals surface area contributed by atoms with Crippen molar-refractivity contribution in [1.82, 2.24) is 9.55 Å². The van der Waals surface area contributed by atoms with Crippen LogP contribution in [0.1, 0.15) is 38.1 Å². The number of aromatic nitrogens is 2. The second kappa shape index (κ2) is 12.1. The summed E-state index contributed by atoms with van der Waals surface area (Å²) in [6.45, 7) is 4.74. The average molecular weight is 535 g/mol. The highest BCUT2D eigenvalue weighted by atomic mass is 35.5. The van der Waals surface area contributed by atoms with Crippen molar-refractivity contribution in [2.24, 2.45) is 0 Å². The van der Waals surface area contributed by atoms with Crippen molar-refractivity contribution >= 4 is 41.3 Å². The van der Waals surface area contributed by atoms with E-state index in [1.807, 2.05) is 61.7 Å². The Labute approximate surface area is 227 Å². The smallest absolute Gasteiger partial charge is 0.303 e. The van der Waals surface area contributed by atoms with Crippen molar-refractivity contribution in [1.29, 1.82) is 0 Å². The van der Waals surface area contributed by atoms with E-state index >= 15 is 0 Å². The number of carboxylic acids is 1. The molecule has 1 heterocycles. The zero-order valence-electron chi connectivity index (χ0n) is 20.7. The quantitative estimate of drug-likeness (QED) is 0.222. The van der Waals surface area contributed by atoms with Crippen molar-refractivity contribution in [3.63, 3.8) is 0 Å². The molecule has 0 spiro atoms. The molecule has 4 rings (SSSR count). The maximum Gasteiger partial charge on any atom is 0.303 e. The van der Waals surface area contributed by atoms with Gasteiger partial charge in [-0.2, -0.15) is 0 Å². The summed E-state index contributed by atoms with van der Waals surface area (Å²) in [5, 5.41) is 9.99. The molecule has 0 aliphatic rings. The molecule has 0 saturated carbocycles. The summed E-state index contributed by atoms with van der Waals surface area (Å²) in [5.74, 6) is 0.764. The Morgan fingerprint density at radius 3 is 2.32 bits per heavy atom. The number of aryl methyl sites for hydroxylation is 1. The number of carboxylic acid groups (broad SMARTS) is 1. The molecule has 190 valence electrons. The van der Waals surface area contributed by atoms with Crippen LogP contribution in [0, 0.1) is 0 Å². The summed E-state index contributed by atoms with van der Waals surface area (Å²) in [7, 11) is 0. The number of hydrogen-bond donors (Lipinski definition) is 1. The molecular weight excluding hydrogens is 507 g/mol. The Bertz CT molecular complexity index is 1390. The highest BCUT2D eigenvalue weighted by molar-refractivity contribution is 6.36. The number of nitrogens with zero attached hydrogens (tertiary/aromatic N) is 2. The molecule has 0 radical (unpaired) electrons. The average Bonchev–Trinajstić information content (AvgIpc) is 3.30. The highest BCUT2D eigenvalue weighted by Gasteiger charge is 2.11. The predicted molar refractivity (Wildman–Crippen MR) is 151 cm³/mol. The Hall–Kier alpha value is -3.54. The number of hydrogen-bond acceptors (Lipinski definition) is 3. The van der Waals surface area contributed by atoms with Gasteiger partial charge in [0.15, 0.2) is 0 Å². The number of carbonyl (C=O) groups is 1. The fraction of sp³-hybridized carbons (Fsp3) is 0.200. The van der Waals surface area contributed by atoms with Crippen LogP contribution in [-0.2, 0) is 11.3 Å². The van der Waals surface area contributed by atoms with E-state index in [9.17, 15) is 4.79 Å². The Morgan fingerprint density at radius 1 is 1.03 bits per heavy atom. The maximum absolute atomic E-state index is 10.7. The molecule has 4 aromatic rings. The summed E-state index contributed by atoms with van der Waals surface area (Å²) in [6, 6.07) is 21.6. The number of aliphatic carboxylic acids is 1. The molecule has 7 heteroatoms. The van der Waals surface area contributed by atoms with Crippen LogP contribution in [-0.4, -0.2) is 26.7 Å². The molecule has 1 N–H and O–H groups in total. The van der Waals surface area contributed by atoms with Gasteiger partial charge in [-0.25, -0.2) is 4.98 Å². The third kappa shape index (κ3) is 7.03. The SMILES string of the molecule is CCn1cc(-c2ccc(Cl)cc2Cl)nc1/C=C/c1ccc(-c2ccc(OC(C)CCC(=O)O)cc2)cc1. The summed E-state index contributed by atoms with van der Waals surface area (Å²) in [5.41, 5.74) is 4.89. The lowest BCUT2D eigenvalue weighted by molar-refractivity contribution is -0.137. The summed E-state index contributed by atoms with van der Waals surface area (Å²) in [6.07, 6.45) is 6.46. The molecule has 1 aromatic heterocycles. The van der Waals surface area contributed by atoms with E-state index in [2.05, 4.69) is 35.8 Å². The van der Waals surface area contributed by atoms with Gasteiger partial charge in [0.1, 0.15) is 11.6 Å². The molecule has 3 aromatic carbocycles. The third-order valence-electron chi connectivity index (χ3n) is 5.98. The number of ether oxygens (including phenoxy) is 1. The normalized spacial score (nSPS) is 12.1. The Morgan fingerprint density at radius 2 is 1.70 bits per heavy atom. The first kappa shape index (κ1) is 26.5. The topological polar surface area (TPSA) is 64.4 Å². The van der Waals surface area contributed by atoms with Crippen LogP contribution >= 0.6 is 23.2 Å². The molecule has 1 atom stereocenters. The Balaban J connectivity index is 1.43. The first-order valence-electron chi connectivity index (χ1n) is 12.1. The number of rotatable bonds is 10. The minimum Gasteiger partial charge on any atom is -0.491 e. The minimum atomic E-state index is -0.813. The molecule has 0 aliphatic carbocycles. The molecule has 0 bridgehead atoms. The summed E-state index contributed by atoms with van der Waals surface area (Å²) >= 11 is 12.4. The van der Waals surface area contributed by atoms with Crippen LogP contribution in [0.3, 0.4) is 0 Å². The lowest BCUT2D eigenvalue weighted by Gasteiger charge is -2.14. The van der Waals surface area contributed by atoms with Crippen molar-refractivity contribution in [2.75, 3.05) is 0 Å². The van der Waals surface area contributed by atoms with Gasteiger partial charge in [-0.05, 0) is 73.4 Å². The van der Waals surface area contributed by atoms with Crippen molar-refractivity contribution in [3.05, 3.63) is 94.4 Å². The van der Waals surface area contributed by atoms with Crippen LogP contribution in [0.25, 0.3) is 34.5 Å². The van der Waals surface area contributed by atoms with E-state index in [0.29, 0.717) is 16.5 Å². The van der Waals surface area contributed by atoms with Gasteiger partial charge in [0, 0.05) is 29.7 Å². The van der Waals surface area contributed by atoms with Gasteiger partial charge in [-0.15, -0.1) is 0 Å². The molecule has 5 nitrogen and oxygen atoms in total. The van der Waals surface area contributed by atoms with Crippen LogP contribution in [0.4, 0.5) is 0 Å². The zero-order valence-corrected chi connectivity index (χ0v) is 22.2. The fourth-order valence-electron chi connectivity index (χ4n) is 3.94. The van der Waals surface area contributed by atoms with Crippen LogP contribution in [0.15, 0.2) is 72.9 Å². The van der Waals surface area contributed by atoms with Crippen molar-refractivity contribution in [3.8, 4) is 28.1 Å². The maximum atomic E-state index is 10.7. The van der Waals surface area contributed by atoms with E-state index in [4.69, 9.17) is 38.0 Å². The van der Waals surface area contributed by atoms with Gasteiger partial charge < -0.3 is 14.4 Å². The molecular formula is C30H28Cl2N2O3. The molecule has 1 unspecified atom stereocenters. The first-order chi connectivity index (χ1) is 17.8. The fourth-order valence-corrected chi connectivity index (χ4v) is 4.45. The van der Waals surface area contributed by atoms with Gasteiger partial charge in [-0.3, -0.25) is 4.79 Å². The predicted octanol–water partition coefficient (Wildman–Crippen LogP) is 8.35. The van der Waals surface area contributed by atoms with Crippen LogP contribution in [0.2, 0.25) is 10.0 Å². The lowest BCUT2D eigenvalue weighted by Crippen LogP contribution is -2.13. The second-order valence-corrected chi connectivity index (χ2v) is 9.58. The van der Waals surface area contributed by atoms with E-state index in [1.54, 1.807) is 6.07 Å². The van der Waals surface area contributed by atoms with E-state index in [-0.39, 0.29) is 12.5 Å². The summed E-state index contributed by atoms with van der Waals surface area (Å²) < 4.78 is 7.90. The lowest BCUT2D eigenvalue weighted by atomic mass is 10.0. The van der Waals surface area contributed by atoms with Gasteiger partial charge in [0.25, 0.3) is 0 Å². The standard InChI is InChI=1S/C30H28Cl2N2O3/c1-3-34-19-28(26-15-12-24(31)18-27(26)32)33-29(34)16-7-21-5-8-22(9-6-21)23-10-13-25(14-11-23)37-20(2)4-17-30(35)36/h5-16,18-20H,3-4,17H2,1-2H3,(H,35,36)/b16-7+. The van der Waals surface area contributed by atoms with E-state index in [1.165, 1.54) is 0 Å². The van der Waals surface area contributed by atoms with Gasteiger partial charge in [0.2, 0.25) is 0 Å². The minimum absolute atomic E-state index is 0.0955. The van der Waals surface area contributed by atoms with Crippen LogP contribution < -0.4 is 4.74 Å².